The maximum absolute atomic E-state index is 13.6. The van der Waals surface area contributed by atoms with Crippen molar-refractivity contribution < 1.29 is 13.6 Å². The molecule has 2 heterocycles. The number of hydrogen-bond acceptors (Lipinski definition) is 4. The number of piperidine rings is 1. The molecule has 1 aliphatic rings. The largest absolute Gasteiger partial charge is 0.355 e. The topological polar surface area (TPSA) is 70.2 Å². The van der Waals surface area contributed by atoms with Crippen molar-refractivity contribution in [2.24, 2.45) is 5.92 Å². The lowest BCUT2D eigenvalue weighted by atomic mass is 9.99. The van der Waals surface area contributed by atoms with E-state index < -0.39 is 17.7 Å². The lowest BCUT2D eigenvalue weighted by Crippen LogP contribution is -2.33. The van der Waals surface area contributed by atoms with Crippen LogP contribution >= 0.6 is 0 Å². The Morgan fingerprint density at radius 1 is 0.968 bits per heavy atom. The van der Waals surface area contributed by atoms with Crippen molar-refractivity contribution in [3.05, 3.63) is 66.2 Å². The third kappa shape index (κ3) is 5.14. The maximum atomic E-state index is 13.6. The predicted molar refractivity (Wildman–Crippen MR) is 117 cm³/mol. The number of rotatable bonds is 4. The molecule has 2 aromatic carbocycles. The zero-order valence-corrected chi connectivity index (χ0v) is 17.1. The molecule has 0 unspecified atom stereocenters. The van der Waals surface area contributed by atoms with Crippen molar-refractivity contribution in [1.82, 2.24) is 10.2 Å². The molecule has 2 amide bonds. The third-order valence-electron chi connectivity index (χ3n) is 5.37. The summed E-state index contributed by atoms with van der Waals surface area (Å²) in [5, 5.41) is 13.6. The Labute approximate surface area is 179 Å². The van der Waals surface area contributed by atoms with Gasteiger partial charge in [0.25, 0.3) is 0 Å². The van der Waals surface area contributed by atoms with E-state index in [-0.39, 0.29) is 5.69 Å². The number of urea groups is 1. The van der Waals surface area contributed by atoms with E-state index in [0.717, 1.165) is 67.1 Å². The first-order valence-electron chi connectivity index (χ1n) is 10.2. The van der Waals surface area contributed by atoms with E-state index in [1.807, 2.05) is 24.3 Å². The van der Waals surface area contributed by atoms with Gasteiger partial charge in [0.2, 0.25) is 0 Å². The highest BCUT2D eigenvalue weighted by Crippen LogP contribution is 2.24. The third-order valence-corrected chi connectivity index (χ3v) is 5.37. The first-order valence-corrected chi connectivity index (χ1v) is 10.2. The molecule has 0 spiro atoms. The molecule has 2 N–H and O–H groups in total. The smallest absolute Gasteiger partial charge is 0.323 e. The molecule has 0 saturated carbocycles. The van der Waals surface area contributed by atoms with Crippen LogP contribution < -0.4 is 15.5 Å². The Kier molecular flexibility index (Phi) is 6.06. The van der Waals surface area contributed by atoms with E-state index in [1.165, 1.54) is 0 Å². The zero-order valence-electron chi connectivity index (χ0n) is 17.1. The highest BCUT2D eigenvalue weighted by Gasteiger charge is 2.17. The van der Waals surface area contributed by atoms with Gasteiger partial charge in [-0.25, -0.2) is 13.6 Å². The van der Waals surface area contributed by atoms with Gasteiger partial charge in [0.1, 0.15) is 11.6 Å². The van der Waals surface area contributed by atoms with E-state index in [2.05, 4.69) is 32.7 Å². The second-order valence-corrected chi connectivity index (χ2v) is 7.73. The number of halogens is 2. The number of aromatic nitrogens is 2. The molecule has 3 aromatic rings. The second kappa shape index (κ2) is 9.07. The van der Waals surface area contributed by atoms with Crippen LogP contribution in [-0.4, -0.2) is 29.3 Å². The van der Waals surface area contributed by atoms with Gasteiger partial charge >= 0.3 is 6.03 Å². The summed E-state index contributed by atoms with van der Waals surface area (Å²) in [5.74, 6) is 0.289. The first-order chi connectivity index (χ1) is 15.0. The summed E-state index contributed by atoms with van der Waals surface area (Å²) in [7, 11) is 0. The van der Waals surface area contributed by atoms with E-state index in [9.17, 15) is 13.6 Å². The van der Waals surface area contributed by atoms with E-state index in [1.54, 1.807) is 12.1 Å². The molecule has 0 aliphatic carbocycles. The first kappa shape index (κ1) is 20.7. The van der Waals surface area contributed by atoms with Crippen molar-refractivity contribution in [3.63, 3.8) is 0 Å². The molecule has 1 aromatic heterocycles. The number of benzene rings is 2. The van der Waals surface area contributed by atoms with Gasteiger partial charge in [-0.1, -0.05) is 19.1 Å². The highest BCUT2D eigenvalue weighted by molar-refractivity contribution is 5.99. The van der Waals surface area contributed by atoms with Crippen LogP contribution in [0.3, 0.4) is 0 Å². The Bertz CT molecular complexity index is 1050. The van der Waals surface area contributed by atoms with E-state index in [0.29, 0.717) is 5.69 Å². The van der Waals surface area contributed by atoms with Crippen molar-refractivity contribution in [2.75, 3.05) is 28.6 Å². The van der Waals surface area contributed by atoms with Crippen LogP contribution in [0.2, 0.25) is 0 Å². The summed E-state index contributed by atoms with van der Waals surface area (Å²) in [6, 6.07) is 13.1. The van der Waals surface area contributed by atoms with Crippen LogP contribution in [0.5, 0.6) is 0 Å². The van der Waals surface area contributed by atoms with Crippen LogP contribution in [0, 0.1) is 17.6 Å². The minimum absolute atomic E-state index is 0.229. The average molecular weight is 423 g/mol. The summed E-state index contributed by atoms with van der Waals surface area (Å²) in [6.07, 6.45) is 2.33. The summed E-state index contributed by atoms with van der Waals surface area (Å²) in [5.41, 5.74) is 1.86. The fourth-order valence-corrected chi connectivity index (χ4v) is 3.49. The molecular formula is C23H23F2N5O. The number of carbonyl (C=O) groups excluding carboxylic acids is 1. The van der Waals surface area contributed by atoms with Crippen LogP contribution in [0.25, 0.3) is 11.3 Å². The van der Waals surface area contributed by atoms with Gasteiger partial charge in [-0.05, 0) is 55.2 Å². The monoisotopic (exact) mass is 423 g/mol. The molecule has 1 fully saturated rings. The van der Waals surface area contributed by atoms with Gasteiger partial charge in [-0.2, -0.15) is 0 Å². The molecule has 0 bridgehead atoms. The van der Waals surface area contributed by atoms with Crippen molar-refractivity contribution in [1.29, 1.82) is 0 Å². The average Bonchev–Trinajstić information content (AvgIpc) is 2.77. The minimum atomic E-state index is -0.715. The molecule has 1 saturated heterocycles. The fourth-order valence-electron chi connectivity index (χ4n) is 3.49. The minimum Gasteiger partial charge on any atom is -0.355 e. The molecule has 0 radical (unpaired) electrons. The molecule has 0 atom stereocenters. The van der Waals surface area contributed by atoms with Gasteiger partial charge in [0.05, 0.1) is 11.4 Å². The molecular weight excluding hydrogens is 400 g/mol. The van der Waals surface area contributed by atoms with Gasteiger partial charge in [-0.15, -0.1) is 10.2 Å². The van der Waals surface area contributed by atoms with Crippen molar-refractivity contribution in [3.8, 4) is 11.3 Å². The van der Waals surface area contributed by atoms with E-state index >= 15 is 0 Å². The normalized spacial score (nSPS) is 14.4. The zero-order chi connectivity index (χ0) is 21.8. The SMILES string of the molecule is CC1CCN(c2ccc(-c3ccc(NC(=O)Nc4cc(F)ccc4F)cc3)nn2)CC1. The molecule has 31 heavy (non-hydrogen) atoms. The Morgan fingerprint density at radius 3 is 2.39 bits per heavy atom. The number of hydrogen-bond donors (Lipinski definition) is 2. The molecule has 1 aliphatic heterocycles. The fraction of sp³-hybridized carbons (Fsp3) is 0.261. The summed E-state index contributed by atoms with van der Waals surface area (Å²) < 4.78 is 26.9. The van der Waals surface area contributed by atoms with Crippen molar-refractivity contribution in [2.45, 2.75) is 19.8 Å². The van der Waals surface area contributed by atoms with Gasteiger partial charge < -0.3 is 15.5 Å². The second-order valence-electron chi connectivity index (χ2n) is 7.73. The maximum Gasteiger partial charge on any atom is 0.323 e. The molecule has 6 nitrogen and oxygen atoms in total. The number of nitrogens with zero attached hydrogens (tertiary/aromatic N) is 3. The lowest BCUT2D eigenvalue weighted by molar-refractivity contribution is 0.262. The van der Waals surface area contributed by atoms with Crippen LogP contribution in [-0.2, 0) is 0 Å². The standard InChI is InChI=1S/C23H23F2N5O/c1-15-10-12-30(13-11-15)22-9-8-20(28-29-22)16-2-5-18(6-3-16)26-23(31)27-21-14-17(24)4-7-19(21)25/h2-9,14-15H,10-13H2,1H3,(H2,26,27,31). The van der Waals surface area contributed by atoms with Crippen LogP contribution in [0.4, 0.5) is 30.8 Å². The molecule has 160 valence electrons. The summed E-state index contributed by atoms with van der Waals surface area (Å²) >= 11 is 0. The molecule has 8 heteroatoms. The molecule has 4 rings (SSSR count). The van der Waals surface area contributed by atoms with Gasteiger partial charge in [-0.3, -0.25) is 0 Å². The lowest BCUT2D eigenvalue weighted by Gasteiger charge is -2.30. The Balaban J connectivity index is 1.37. The highest BCUT2D eigenvalue weighted by atomic mass is 19.1. The Hall–Kier alpha value is -3.55. The van der Waals surface area contributed by atoms with Crippen LogP contribution in [0.15, 0.2) is 54.6 Å². The van der Waals surface area contributed by atoms with Gasteiger partial charge in [0.15, 0.2) is 5.82 Å². The summed E-state index contributed by atoms with van der Waals surface area (Å²) in [6.45, 7) is 4.27. The van der Waals surface area contributed by atoms with Gasteiger partial charge in [0, 0.05) is 30.4 Å². The number of amides is 2. The van der Waals surface area contributed by atoms with E-state index in [4.69, 9.17) is 0 Å². The number of carbonyl (C=O) groups is 1. The van der Waals surface area contributed by atoms with Crippen LogP contribution in [0.1, 0.15) is 19.8 Å². The predicted octanol–water partition coefficient (Wildman–Crippen LogP) is 5.30. The Morgan fingerprint density at radius 2 is 1.71 bits per heavy atom. The van der Waals surface area contributed by atoms with Crippen molar-refractivity contribution >= 4 is 23.2 Å². The summed E-state index contributed by atoms with van der Waals surface area (Å²) in [4.78, 5) is 14.3. The number of anilines is 3. The quantitative estimate of drug-likeness (QED) is 0.597. The number of nitrogens with one attached hydrogen (secondary N) is 2.